The van der Waals surface area contributed by atoms with Crippen LogP contribution in [0.5, 0.6) is 0 Å². The van der Waals surface area contributed by atoms with Gasteiger partial charge < -0.3 is 10.6 Å². The molecule has 1 aliphatic rings. The molecule has 0 radical (unpaired) electrons. The van der Waals surface area contributed by atoms with Crippen LogP contribution in [0.1, 0.15) is 45.4 Å². The van der Waals surface area contributed by atoms with E-state index in [9.17, 15) is 4.79 Å². The highest BCUT2D eigenvalue weighted by molar-refractivity contribution is 7.99. The summed E-state index contributed by atoms with van der Waals surface area (Å²) in [5.74, 6) is 2.23. The van der Waals surface area contributed by atoms with Crippen LogP contribution in [-0.4, -0.2) is 36.5 Å². The molecule has 1 atom stereocenters. The van der Waals surface area contributed by atoms with E-state index in [-0.39, 0.29) is 11.9 Å². The first kappa shape index (κ1) is 14.8. The van der Waals surface area contributed by atoms with Crippen molar-refractivity contribution in [3.8, 4) is 0 Å². The molecule has 1 fully saturated rings. The van der Waals surface area contributed by atoms with E-state index in [0.717, 1.165) is 31.0 Å². The van der Waals surface area contributed by atoms with Crippen molar-refractivity contribution in [2.75, 3.05) is 24.6 Å². The number of carbonyl (C=O) groups excluding carboxylic acids is 1. The van der Waals surface area contributed by atoms with Crippen molar-refractivity contribution in [1.29, 1.82) is 0 Å². The molecule has 1 rings (SSSR count). The van der Waals surface area contributed by atoms with Crippen LogP contribution in [0, 0.1) is 0 Å². The van der Waals surface area contributed by atoms with E-state index in [2.05, 4.69) is 17.6 Å². The quantitative estimate of drug-likeness (QED) is 0.656. The Kier molecular flexibility index (Phi) is 8.53. The van der Waals surface area contributed by atoms with Gasteiger partial charge in [-0.2, -0.15) is 11.8 Å². The maximum absolute atomic E-state index is 11.7. The Labute approximate surface area is 109 Å². The number of rotatable bonds is 8. The summed E-state index contributed by atoms with van der Waals surface area (Å²) in [6.45, 7) is 4.03. The van der Waals surface area contributed by atoms with Crippen molar-refractivity contribution in [1.82, 2.24) is 10.6 Å². The van der Waals surface area contributed by atoms with Gasteiger partial charge >= 0.3 is 0 Å². The van der Waals surface area contributed by atoms with E-state index in [1.165, 1.54) is 32.1 Å². The standard InChI is InChI=1S/C13H26N2OS/c1-2-3-4-5-6-7-8-15-13(16)12-11-17-10-9-14-12/h12,14H,2-11H2,1H3,(H,15,16). The van der Waals surface area contributed by atoms with Gasteiger partial charge in [0.25, 0.3) is 0 Å². The molecule has 0 aliphatic carbocycles. The number of nitrogens with one attached hydrogen (secondary N) is 2. The predicted molar refractivity (Wildman–Crippen MR) is 75.5 cm³/mol. The summed E-state index contributed by atoms with van der Waals surface area (Å²) in [5, 5.41) is 6.28. The SMILES string of the molecule is CCCCCCCCNC(=O)C1CSCCN1. The zero-order valence-corrected chi connectivity index (χ0v) is 11.8. The van der Waals surface area contributed by atoms with Crippen molar-refractivity contribution in [2.24, 2.45) is 0 Å². The first-order valence-electron chi connectivity index (χ1n) is 6.93. The highest BCUT2D eigenvalue weighted by Crippen LogP contribution is 2.08. The molecule has 2 N–H and O–H groups in total. The van der Waals surface area contributed by atoms with Gasteiger partial charge in [0.15, 0.2) is 0 Å². The average Bonchev–Trinajstić information content (AvgIpc) is 2.38. The molecule has 1 unspecified atom stereocenters. The fourth-order valence-corrected chi connectivity index (χ4v) is 2.91. The molecule has 0 aromatic heterocycles. The Bertz CT molecular complexity index is 206. The van der Waals surface area contributed by atoms with Crippen LogP contribution in [-0.2, 0) is 4.79 Å². The molecule has 0 aromatic rings. The lowest BCUT2D eigenvalue weighted by Crippen LogP contribution is -2.49. The van der Waals surface area contributed by atoms with Crippen molar-refractivity contribution >= 4 is 17.7 Å². The van der Waals surface area contributed by atoms with Crippen molar-refractivity contribution in [3.05, 3.63) is 0 Å². The lowest BCUT2D eigenvalue weighted by Gasteiger charge is -2.22. The zero-order valence-electron chi connectivity index (χ0n) is 11.0. The Hall–Kier alpha value is -0.220. The molecule has 0 saturated carbocycles. The Balaban J connectivity index is 1.92. The maximum atomic E-state index is 11.7. The second-order valence-electron chi connectivity index (χ2n) is 4.64. The van der Waals surface area contributed by atoms with Crippen LogP contribution in [0.25, 0.3) is 0 Å². The van der Waals surface area contributed by atoms with Gasteiger partial charge in [0.05, 0.1) is 6.04 Å². The summed E-state index contributed by atoms with van der Waals surface area (Å²) in [6, 6.07) is 0.0360. The minimum Gasteiger partial charge on any atom is -0.355 e. The van der Waals surface area contributed by atoms with Crippen molar-refractivity contribution in [2.45, 2.75) is 51.5 Å². The van der Waals surface area contributed by atoms with Crippen LogP contribution in [0.2, 0.25) is 0 Å². The van der Waals surface area contributed by atoms with Crippen LogP contribution in [0.4, 0.5) is 0 Å². The molecule has 0 aromatic carbocycles. The summed E-state index contributed by atoms with van der Waals surface area (Å²) in [7, 11) is 0. The predicted octanol–water partition coefficient (Wildman–Crippen LogP) is 2.17. The van der Waals surface area contributed by atoms with Crippen LogP contribution >= 0.6 is 11.8 Å². The van der Waals surface area contributed by atoms with E-state index in [1.54, 1.807) is 0 Å². The van der Waals surface area contributed by atoms with E-state index in [1.807, 2.05) is 11.8 Å². The smallest absolute Gasteiger partial charge is 0.237 e. The third-order valence-corrected chi connectivity index (χ3v) is 4.13. The van der Waals surface area contributed by atoms with Gasteiger partial charge in [-0.3, -0.25) is 4.79 Å². The average molecular weight is 258 g/mol. The second kappa shape index (κ2) is 9.77. The van der Waals surface area contributed by atoms with Crippen molar-refractivity contribution in [3.63, 3.8) is 0 Å². The van der Waals surface area contributed by atoms with Gasteiger partial charge in [-0.05, 0) is 6.42 Å². The lowest BCUT2D eigenvalue weighted by atomic mass is 10.1. The molecule has 17 heavy (non-hydrogen) atoms. The Morgan fingerprint density at radius 2 is 2.06 bits per heavy atom. The minimum atomic E-state index is 0.0360. The number of hydrogen-bond donors (Lipinski definition) is 2. The topological polar surface area (TPSA) is 41.1 Å². The molecule has 0 spiro atoms. The second-order valence-corrected chi connectivity index (χ2v) is 5.79. The summed E-state index contributed by atoms with van der Waals surface area (Å²) in [5.41, 5.74) is 0. The van der Waals surface area contributed by atoms with Gasteiger partial charge in [-0.25, -0.2) is 0 Å². The van der Waals surface area contributed by atoms with E-state index < -0.39 is 0 Å². The molecule has 3 nitrogen and oxygen atoms in total. The normalized spacial score (nSPS) is 20.2. The molecule has 1 aliphatic heterocycles. The summed E-state index contributed by atoms with van der Waals surface area (Å²) in [4.78, 5) is 11.7. The third-order valence-electron chi connectivity index (χ3n) is 3.07. The molecular weight excluding hydrogens is 232 g/mol. The number of amides is 1. The largest absolute Gasteiger partial charge is 0.355 e. The van der Waals surface area contributed by atoms with E-state index >= 15 is 0 Å². The fourth-order valence-electron chi connectivity index (χ4n) is 1.97. The Morgan fingerprint density at radius 1 is 1.29 bits per heavy atom. The minimum absolute atomic E-state index is 0.0360. The molecule has 0 bridgehead atoms. The molecular formula is C13H26N2OS. The summed E-state index contributed by atoms with van der Waals surface area (Å²) >= 11 is 1.86. The van der Waals surface area contributed by atoms with Gasteiger partial charge in [0.1, 0.15) is 0 Å². The number of unbranched alkanes of at least 4 members (excludes halogenated alkanes) is 5. The number of carbonyl (C=O) groups is 1. The summed E-state index contributed by atoms with van der Waals surface area (Å²) < 4.78 is 0. The third kappa shape index (κ3) is 6.94. The van der Waals surface area contributed by atoms with Crippen molar-refractivity contribution < 1.29 is 4.79 Å². The van der Waals surface area contributed by atoms with Gasteiger partial charge in [0, 0.05) is 24.6 Å². The molecule has 1 saturated heterocycles. The highest BCUT2D eigenvalue weighted by Gasteiger charge is 2.19. The van der Waals surface area contributed by atoms with Crippen LogP contribution < -0.4 is 10.6 Å². The Morgan fingerprint density at radius 3 is 2.76 bits per heavy atom. The van der Waals surface area contributed by atoms with Gasteiger partial charge in [-0.1, -0.05) is 39.0 Å². The highest BCUT2D eigenvalue weighted by atomic mass is 32.2. The lowest BCUT2D eigenvalue weighted by molar-refractivity contribution is -0.122. The maximum Gasteiger partial charge on any atom is 0.237 e. The van der Waals surface area contributed by atoms with E-state index in [0.29, 0.717) is 0 Å². The van der Waals surface area contributed by atoms with E-state index in [4.69, 9.17) is 0 Å². The first-order valence-corrected chi connectivity index (χ1v) is 8.09. The molecule has 100 valence electrons. The molecule has 1 heterocycles. The van der Waals surface area contributed by atoms with Crippen LogP contribution in [0.3, 0.4) is 0 Å². The summed E-state index contributed by atoms with van der Waals surface area (Å²) in [6.07, 6.45) is 7.65. The van der Waals surface area contributed by atoms with Crippen LogP contribution in [0.15, 0.2) is 0 Å². The first-order chi connectivity index (χ1) is 8.34. The number of thioether (sulfide) groups is 1. The molecule has 4 heteroatoms. The zero-order chi connectivity index (χ0) is 12.3. The van der Waals surface area contributed by atoms with Gasteiger partial charge in [-0.15, -0.1) is 0 Å². The fraction of sp³-hybridized carbons (Fsp3) is 0.923. The van der Waals surface area contributed by atoms with Gasteiger partial charge in [0.2, 0.25) is 5.91 Å². The molecule has 1 amide bonds. The monoisotopic (exact) mass is 258 g/mol. The number of hydrogen-bond acceptors (Lipinski definition) is 3.